The third kappa shape index (κ3) is 5.93. The van der Waals surface area contributed by atoms with Crippen molar-refractivity contribution in [3.05, 3.63) is 65.2 Å². The number of hydrogen-bond donors (Lipinski definition) is 2. The molecule has 1 saturated carbocycles. The Morgan fingerprint density at radius 3 is 2.45 bits per heavy atom. The second-order valence-electron chi connectivity index (χ2n) is 8.97. The molecule has 1 aliphatic carbocycles. The minimum absolute atomic E-state index is 0.0437. The third-order valence-electron chi connectivity index (χ3n) is 6.29. The Bertz CT molecular complexity index is 937. The Morgan fingerprint density at radius 2 is 1.71 bits per heavy atom. The number of hydrogen-bond acceptors (Lipinski definition) is 4. The van der Waals surface area contributed by atoms with Crippen LogP contribution in [0.1, 0.15) is 34.8 Å². The van der Waals surface area contributed by atoms with Gasteiger partial charge in [0.1, 0.15) is 0 Å². The SMILES string of the molecule is CC1CC1C(=O)Nc1cccc(C(=O)NCc2cccc(CN3CCN(C)CC3)c2)c1. The first-order valence-electron chi connectivity index (χ1n) is 11.2. The van der Waals surface area contributed by atoms with Crippen LogP contribution in [-0.2, 0) is 17.9 Å². The Kier molecular flexibility index (Phi) is 6.68. The normalized spacial score (nSPS) is 21.5. The number of carbonyl (C=O) groups excluding carboxylic acids is 2. The molecule has 164 valence electrons. The van der Waals surface area contributed by atoms with Crippen LogP contribution in [-0.4, -0.2) is 54.8 Å². The second kappa shape index (κ2) is 9.62. The third-order valence-corrected chi connectivity index (χ3v) is 6.29. The zero-order valence-corrected chi connectivity index (χ0v) is 18.4. The summed E-state index contributed by atoms with van der Waals surface area (Å²) < 4.78 is 0. The molecule has 2 aromatic rings. The summed E-state index contributed by atoms with van der Waals surface area (Å²) in [5.74, 6) is 0.469. The van der Waals surface area contributed by atoms with Crippen molar-refractivity contribution in [3.8, 4) is 0 Å². The van der Waals surface area contributed by atoms with Crippen molar-refractivity contribution in [3.63, 3.8) is 0 Å². The number of piperazine rings is 1. The number of anilines is 1. The quantitative estimate of drug-likeness (QED) is 0.723. The monoisotopic (exact) mass is 420 g/mol. The van der Waals surface area contributed by atoms with Crippen LogP contribution in [0.2, 0.25) is 0 Å². The van der Waals surface area contributed by atoms with Gasteiger partial charge in [0, 0.05) is 56.4 Å². The lowest BCUT2D eigenvalue weighted by Gasteiger charge is -2.32. The van der Waals surface area contributed by atoms with E-state index in [1.54, 1.807) is 18.2 Å². The van der Waals surface area contributed by atoms with Crippen molar-refractivity contribution in [1.82, 2.24) is 15.1 Å². The predicted molar refractivity (Wildman–Crippen MR) is 123 cm³/mol. The molecule has 2 fully saturated rings. The average Bonchev–Trinajstić information content (AvgIpc) is 3.51. The summed E-state index contributed by atoms with van der Waals surface area (Å²) in [5, 5.41) is 5.93. The number of nitrogens with one attached hydrogen (secondary N) is 2. The molecule has 6 heteroatoms. The van der Waals surface area contributed by atoms with Gasteiger partial charge < -0.3 is 15.5 Å². The molecule has 31 heavy (non-hydrogen) atoms. The van der Waals surface area contributed by atoms with Crippen LogP contribution in [0.15, 0.2) is 48.5 Å². The van der Waals surface area contributed by atoms with Crippen molar-refractivity contribution in [2.24, 2.45) is 11.8 Å². The molecular formula is C25H32N4O2. The summed E-state index contributed by atoms with van der Waals surface area (Å²) >= 11 is 0. The Balaban J connectivity index is 1.30. The summed E-state index contributed by atoms with van der Waals surface area (Å²) in [7, 11) is 2.16. The maximum atomic E-state index is 12.7. The summed E-state index contributed by atoms with van der Waals surface area (Å²) in [6.07, 6.45) is 0.944. The van der Waals surface area contributed by atoms with Crippen LogP contribution in [0.3, 0.4) is 0 Å². The second-order valence-corrected chi connectivity index (χ2v) is 8.97. The van der Waals surface area contributed by atoms with E-state index < -0.39 is 0 Å². The number of carbonyl (C=O) groups is 2. The number of likely N-dealkylation sites (N-methyl/N-ethyl adjacent to an activating group) is 1. The van der Waals surface area contributed by atoms with Crippen molar-refractivity contribution in [2.75, 3.05) is 38.5 Å². The van der Waals surface area contributed by atoms with Gasteiger partial charge in [0.05, 0.1) is 0 Å². The summed E-state index contributed by atoms with van der Waals surface area (Å²) in [6, 6.07) is 15.6. The molecule has 0 bridgehead atoms. The van der Waals surface area contributed by atoms with E-state index in [-0.39, 0.29) is 17.7 Å². The van der Waals surface area contributed by atoms with Crippen LogP contribution >= 0.6 is 0 Å². The Hall–Kier alpha value is -2.70. The molecule has 1 heterocycles. The van der Waals surface area contributed by atoms with Crippen LogP contribution in [0, 0.1) is 11.8 Å². The lowest BCUT2D eigenvalue weighted by atomic mass is 10.1. The maximum Gasteiger partial charge on any atom is 0.251 e. The molecule has 2 unspecified atom stereocenters. The van der Waals surface area contributed by atoms with Crippen LogP contribution in [0.4, 0.5) is 5.69 Å². The molecular weight excluding hydrogens is 388 g/mol. The first kappa shape index (κ1) is 21.5. The number of amides is 2. The van der Waals surface area contributed by atoms with E-state index in [9.17, 15) is 9.59 Å². The summed E-state index contributed by atoms with van der Waals surface area (Å²) in [5.41, 5.74) is 3.59. The highest BCUT2D eigenvalue weighted by Crippen LogP contribution is 2.38. The van der Waals surface area contributed by atoms with Crippen LogP contribution in [0.25, 0.3) is 0 Å². The van der Waals surface area contributed by atoms with Crippen molar-refractivity contribution < 1.29 is 9.59 Å². The van der Waals surface area contributed by atoms with Gasteiger partial charge in [0.15, 0.2) is 0 Å². The standard InChI is InChI=1S/C25H32N4O2/c1-18-13-23(18)25(31)27-22-8-4-7-21(15-22)24(30)26-16-19-5-3-6-20(14-19)17-29-11-9-28(2)10-12-29/h3-8,14-15,18,23H,9-13,16-17H2,1-2H3,(H,26,30)(H,27,31). The van der Waals surface area contributed by atoms with Gasteiger partial charge in [-0.05, 0) is 48.7 Å². The van der Waals surface area contributed by atoms with Crippen LogP contribution < -0.4 is 10.6 Å². The smallest absolute Gasteiger partial charge is 0.251 e. The van der Waals surface area contributed by atoms with E-state index >= 15 is 0 Å². The molecule has 0 spiro atoms. The highest BCUT2D eigenvalue weighted by Gasteiger charge is 2.39. The largest absolute Gasteiger partial charge is 0.348 e. The summed E-state index contributed by atoms with van der Waals surface area (Å²) in [6.45, 7) is 7.88. The average molecular weight is 421 g/mol. The van der Waals surface area contributed by atoms with E-state index in [1.165, 1.54) is 5.56 Å². The topological polar surface area (TPSA) is 64.7 Å². The molecule has 2 atom stereocenters. The molecule has 2 amide bonds. The van der Waals surface area contributed by atoms with Gasteiger partial charge >= 0.3 is 0 Å². The Morgan fingerprint density at radius 1 is 1.00 bits per heavy atom. The van der Waals surface area contributed by atoms with Gasteiger partial charge in [-0.1, -0.05) is 37.3 Å². The van der Waals surface area contributed by atoms with Gasteiger partial charge in [-0.15, -0.1) is 0 Å². The first-order valence-corrected chi connectivity index (χ1v) is 11.2. The fourth-order valence-corrected chi connectivity index (χ4v) is 4.05. The minimum atomic E-state index is -0.139. The van der Waals surface area contributed by atoms with Gasteiger partial charge in [-0.3, -0.25) is 14.5 Å². The number of benzene rings is 2. The maximum absolute atomic E-state index is 12.7. The molecule has 4 rings (SSSR count). The van der Waals surface area contributed by atoms with Gasteiger partial charge in [-0.25, -0.2) is 0 Å². The first-order chi connectivity index (χ1) is 15.0. The molecule has 1 aliphatic heterocycles. The predicted octanol–water partition coefficient (Wildman–Crippen LogP) is 2.96. The number of rotatable bonds is 7. The van der Waals surface area contributed by atoms with E-state index in [4.69, 9.17) is 0 Å². The minimum Gasteiger partial charge on any atom is -0.348 e. The van der Waals surface area contributed by atoms with Crippen molar-refractivity contribution in [1.29, 1.82) is 0 Å². The molecule has 2 aliphatic rings. The lowest BCUT2D eigenvalue weighted by molar-refractivity contribution is -0.117. The molecule has 6 nitrogen and oxygen atoms in total. The fraction of sp³-hybridized carbons (Fsp3) is 0.440. The molecule has 2 aromatic carbocycles. The van der Waals surface area contributed by atoms with E-state index in [1.807, 2.05) is 12.1 Å². The molecule has 0 radical (unpaired) electrons. The fourth-order valence-electron chi connectivity index (χ4n) is 4.05. The Labute approximate surface area is 184 Å². The van der Waals surface area contributed by atoms with E-state index in [0.717, 1.165) is 44.7 Å². The number of nitrogens with zero attached hydrogens (tertiary/aromatic N) is 2. The summed E-state index contributed by atoms with van der Waals surface area (Å²) in [4.78, 5) is 29.6. The molecule has 2 N–H and O–H groups in total. The van der Waals surface area contributed by atoms with E-state index in [2.05, 4.69) is 52.6 Å². The molecule has 0 aromatic heterocycles. The van der Waals surface area contributed by atoms with Crippen molar-refractivity contribution in [2.45, 2.75) is 26.4 Å². The zero-order valence-electron chi connectivity index (χ0n) is 18.4. The van der Waals surface area contributed by atoms with Crippen molar-refractivity contribution >= 4 is 17.5 Å². The molecule has 1 saturated heterocycles. The van der Waals surface area contributed by atoms with Gasteiger partial charge in [0.25, 0.3) is 5.91 Å². The van der Waals surface area contributed by atoms with E-state index in [0.29, 0.717) is 23.7 Å². The van der Waals surface area contributed by atoms with Gasteiger partial charge in [0.2, 0.25) is 5.91 Å². The van der Waals surface area contributed by atoms with Gasteiger partial charge in [-0.2, -0.15) is 0 Å². The highest BCUT2D eigenvalue weighted by molar-refractivity contribution is 5.98. The van der Waals surface area contributed by atoms with Crippen LogP contribution in [0.5, 0.6) is 0 Å². The lowest BCUT2D eigenvalue weighted by Crippen LogP contribution is -2.43. The highest BCUT2D eigenvalue weighted by atomic mass is 16.2. The zero-order chi connectivity index (χ0) is 21.8.